The van der Waals surface area contributed by atoms with E-state index in [1.54, 1.807) is 0 Å². The molecule has 0 spiro atoms. The van der Waals surface area contributed by atoms with Crippen molar-refractivity contribution >= 4 is 11.6 Å². The number of nitrogens with one attached hydrogen (secondary N) is 1. The highest BCUT2D eigenvalue weighted by Crippen LogP contribution is 2.25. The summed E-state index contributed by atoms with van der Waals surface area (Å²) >= 11 is 0. The number of benzene rings is 2. The van der Waals surface area contributed by atoms with Gasteiger partial charge in [0, 0.05) is 17.8 Å². The Bertz CT molecular complexity index is 787. The van der Waals surface area contributed by atoms with Gasteiger partial charge in [-0.1, -0.05) is 19.1 Å². The normalized spacial score (nSPS) is 18.7. The molecule has 0 radical (unpaired) electrons. The highest BCUT2D eigenvalue weighted by atomic mass is 16.5. The number of ether oxygens (including phenoxy) is 1. The summed E-state index contributed by atoms with van der Waals surface area (Å²) in [5.41, 5.74) is 2.75. The van der Waals surface area contributed by atoms with Crippen molar-refractivity contribution in [2.75, 3.05) is 18.4 Å². The predicted octanol–water partition coefficient (Wildman–Crippen LogP) is 5.49. The summed E-state index contributed by atoms with van der Waals surface area (Å²) in [6, 6.07) is 15.7. The van der Waals surface area contributed by atoms with Crippen molar-refractivity contribution in [3.8, 4) is 5.75 Å². The van der Waals surface area contributed by atoms with Gasteiger partial charge in [0.15, 0.2) is 0 Å². The molecule has 2 aromatic rings. The van der Waals surface area contributed by atoms with Crippen LogP contribution in [0.15, 0.2) is 48.5 Å². The fourth-order valence-corrected chi connectivity index (χ4v) is 4.26. The van der Waals surface area contributed by atoms with Crippen LogP contribution in [-0.4, -0.2) is 30.0 Å². The number of piperidine rings is 1. The summed E-state index contributed by atoms with van der Waals surface area (Å²) in [6.45, 7) is 5.64. The first-order valence-electron chi connectivity index (χ1n) is 11.0. The maximum absolute atomic E-state index is 12.6. The van der Waals surface area contributed by atoms with E-state index in [4.69, 9.17) is 4.74 Å². The maximum Gasteiger partial charge on any atom is 0.255 e. The highest BCUT2D eigenvalue weighted by molar-refractivity contribution is 6.04. The molecule has 2 aromatic carbocycles. The third kappa shape index (κ3) is 5.60. The van der Waals surface area contributed by atoms with Gasteiger partial charge < -0.3 is 10.1 Å². The molecule has 1 heterocycles. The van der Waals surface area contributed by atoms with E-state index in [0.29, 0.717) is 11.7 Å². The van der Waals surface area contributed by atoms with Crippen LogP contribution in [0.1, 0.15) is 61.4 Å². The molecule has 1 aliphatic heterocycles. The molecule has 4 heteroatoms. The van der Waals surface area contributed by atoms with Gasteiger partial charge in [-0.2, -0.15) is 0 Å². The van der Waals surface area contributed by atoms with Gasteiger partial charge in [-0.15, -0.1) is 0 Å². The molecule has 0 bridgehead atoms. The van der Waals surface area contributed by atoms with Gasteiger partial charge in [0.2, 0.25) is 0 Å². The first-order valence-corrected chi connectivity index (χ1v) is 11.0. The van der Waals surface area contributed by atoms with E-state index >= 15 is 0 Å². The van der Waals surface area contributed by atoms with E-state index in [1.165, 1.54) is 44.3 Å². The zero-order valence-corrected chi connectivity index (χ0v) is 17.4. The first kappa shape index (κ1) is 20.0. The number of hydrogen-bond acceptors (Lipinski definition) is 3. The molecule has 4 rings (SSSR count). The molecule has 1 amide bonds. The van der Waals surface area contributed by atoms with Gasteiger partial charge in [0.05, 0.1) is 6.10 Å². The molecule has 154 valence electrons. The molecule has 1 saturated heterocycles. The lowest BCUT2D eigenvalue weighted by molar-refractivity contribution is 0.102. The van der Waals surface area contributed by atoms with Gasteiger partial charge in [-0.3, -0.25) is 9.69 Å². The molecule has 2 fully saturated rings. The third-order valence-corrected chi connectivity index (χ3v) is 6.22. The van der Waals surface area contributed by atoms with Crippen molar-refractivity contribution in [1.82, 2.24) is 4.90 Å². The van der Waals surface area contributed by atoms with E-state index < -0.39 is 0 Å². The number of anilines is 1. The lowest BCUT2D eigenvalue weighted by Crippen LogP contribution is -2.32. The van der Waals surface area contributed by atoms with Crippen molar-refractivity contribution in [2.45, 2.75) is 58.1 Å². The van der Waals surface area contributed by atoms with E-state index in [9.17, 15) is 4.79 Å². The molecule has 0 unspecified atom stereocenters. The standard InChI is InChI=1S/C25H32N2O2/c1-19-14-16-27(17-15-19)18-20-6-8-21(9-7-20)25(28)26-22-10-12-24(13-11-22)29-23-4-2-3-5-23/h6-13,19,23H,2-5,14-18H2,1H3,(H,26,28). The lowest BCUT2D eigenvalue weighted by atomic mass is 9.99. The monoisotopic (exact) mass is 392 g/mol. The minimum Gasteiger partial charge on any atom is -0.490 e. The average molecular weight is 393 g/mol. The Labute approximate surface area is 174 Å². The van der Waals surface area contributed by atoms with Crippen LogP contribution in [0.4, 0.5) is 5.69 Å². The molecule has 1 aliphatic carbocycles. The van der Waals surface area contributed by atoms with E-state index in [2.05, 4.69) is 29.3 Å². The van der Waals surface area contributed by atoms with Gasteiger partial charge in [-0.25, -0.2) is 0 Å². The van der Waals surface area contributed by atoms with Crippen LogP contribution in [0.2, 0.25) is 0 Å². The topological polar surface area (TPSA) is 41.6 Å². The van der Waals surface area contributed by atoms with Crippen molar-refractivity contribution in [2.24, 2.45) is 5.92 Å². The molecule has 29 heavy (non-hydrogen) atoms. The molecule has 0 aromatic heterocycles. The van der Waals surface area contributed by atoms with Gasteiger partial charge in [0.25, 0.3) is 5.91 Å². The minimum atomic E-state index is -0.0761. The number of carbonyl (C=O) groups is 1. The molecule has 0 atom stereocenters. The van der Waals surface area contributed by atoms with E-state index in [0.717, 1.165) is 36.7 Å². The van der Waals surface area contributed by atoms with Gasteiger partial charge >= 0.3 is 0 Å². The van der Waals surface area contributed by atoms with Crippen LogP contribution in [0.5, 0.6) is 5.75 Å². The van der Waals surface area contributed by atoms with Crippen LogP contribution in [-0.2, 0) is 6.54 Å². The Hall–Kier alpha value is -2.33. The maximum atomic E-state index is 12.6. The summed E-state index contributed by atoms with van der Waals surface area (Å²) < 4.78 is 5.98. The average Bonchev–Trinajstić information content (AvgIpc) is 3.25. The Morgan fingerprint density at radius 2 is 1.62 bits per heavy atom. The number of amides is 1. The Balaban J connectivity index is 1.28. The summed E-state index contributed by atoms with van der Waals surface area (Å²) in [7, 11) is 0. The Morgan fingerprint density at radius 3 is 2.28 bits per heavy atom. The second kappa shape index (κ2) is 9.45. The number of hydrogen-bond donors (Lipinski definition) is 1. The Kier molecular flexibility index (Phi) is 6.50. The molecule has 4 nitrogen and oxygen atoms in total. The highest BCUT2D eigenvalue weighted by Gasteiger charge is 2.17. The summed E-state index contributed by atoms with van der Waals surface area (Å²) in [5.74, 6) is 1.65. The number of rotatable bonds is 6. The first-order chi connectivity index (χ1) is 14.2. The van der Waals surface area contributed by atoms with Gasteiger partial charge in [0.1, 0.15) is 5.75 Å². The molecule has 1 saturated carbocycles. The second-order valence-electron chi connectivity index (χ2n) is 8.66. The van der Waals surface area contributed by atoms with E-state index in [1.807, 2.05) is 36.4 Å². The van der Waals surface area contributed by atoms with Crippen molar-refractivity contribution in [3.05, 3.63) is 59.7 Å². The molecular formula is C25H32N2O2. The number of carbonyl (C=O) groups excluding carboxylic acids is 1. The smallest absolute Gasteiger partial charge is 0.255 e. The van der Waals surface area contributed by atoms with Crippen LogP contribution in [0, 0.1) is 5.92 Å². The largest absolute Gasteiger partial charge is 0.490 e. The quantitative estimate of drug-likeness (QED) is 0.706. The fraction of sp³-hybridized carbons (Fsp3) is 0.480. The predicted molar refractivity (Wildman–Crippen MR) is 117 cm³/mol. The SMILES string of the molecule is CC1CCN(Cc2ccc(C(=O)Nc3ccc(OC4CCCC4)cc3)cc2)CC1. The lowest BCUT2D eigenvalue weighted by Gasteiger charge is -2.30. The van der Waals surface area contributed by atoms with Gasteiger partial charge in [-0.05, 0) is 99.5 Å². The van der Waals surface area contributed by atoms with Crippen LogP contribution in [0.25, 0.3) is 0 Å². The number of nitrogens with zero attached hydrogens (tertiary/aromatic N) is 1. The minimum absolute atomic E-state index is 0.0761. The fourth-order valence-electron chi connectivity index (χ4n) is 4.26. The van der Waals surface area contributed by atoms with Crippen molar-refractivity contribution in [3.63, 3.8) is 0 Å². The van der Waals surface area contributed by atoms with Crippen molar-refractivity contribution in [1.29, 1.82) is 0 Å². The molecule has 2 aliphatic rings. The zero-order chi connectivity index (χ0) is 20.1. The third-order valence-electron chi connectivity index (χ3n) is 6.22. The summed E-state index contributed by atoms with van der Waals surface area (Å²) in [6.07, 6.45) is 7.72. The number of likely N-dealkylation sites (tertiary alicyclic amines) is 1. The summed E-state index contributed by atoms with van der Waals surface area (Å²) in [4.78, 5) is 15.1. The van der Waals surface area contributed by atoms with Crippen LogP contribution >= 0.6 is 0 Å². The van der Waals surface area contributed by atoms with E-state index in [-0.39, 0.29) is 5.91 Å². The molecular weight excluding hydrogens is 360 g/mol. The second-order valence-corrected chi connectivity index (χ2v) is 8.66. The van der Waals surface area contributed by atoms with Crippen LogP contribution in [0.3, 0.4) is 0 Å². The molecule has 1 N–H and O–H groups in total. The van der Waals surface area contributed by atoms with Crippen molar-refractivity contribution < 1.29 is 9.53 Å². The zero-order valence-electron chi connectivity index (χ0n) is 17.4. The Morgan fingerprint density at radius 1 is 0.966 bits per heavy atom. The van der Waals surface area contributed by atoms with Crippen LogP contribution < -0.4 is 10.1 Å². The summed E-state index contributed by atoms with van der Waals surface area (Å²) in [5, 5.41) is 2.98.